The Kier molecular flexibility index (Phi) is 7.33. The third kappa shape index (κ3) is 6.97. The molecule has 13 nitrogen and oxygen atoms in total. The van der Waals surface area contributed by atoms with E-state index in [9.17, 15) is 29.8 Å². The summed E-state index contributed by atoms with van der Waals surface area (Å²) in [6, 6.07) is 4.10. The molecular weight excluding hydrogens is 330 g/mol. The SMILES string of the molecule is O=C(NCCO[N+](=O)[O-])c1cccc(C(=O)NCCO[N+](=O)[O-])n1. The molecule has 1 aromatic rings. The molecule has 0 radical (unpaired) electrons. The number of pyridine rings is 1. The van der Waals surface area contributed by atoms with Crippen LogP contribution in [0.5, 0.6) is 0 Å². The molecule has 0 unspecified atom stereocenters. The van der Waals surface area contributed by atoms with Crippen molar-refractivity contribution in [1.29, 1.82) is 0 Å². The lowest BCUT2D eigenvalue weighted by atomic mass is 10.2. The summed E-state index contributed by atoms with van der Waals surface area (Å²) in [6.07, 6.45) is 0. The van der Waals surface area contributed by atoms with Crippen LogP contribution < -0.4 is 10.6 Å². The standard InChI is InChI=1S/C11H13N5O8/c17-10(12-4-6-23-15(19)20)8-2-1-3-9(14-8)11(18)13-5-7-24-16(21)22/h1-3H,4-7H2,(H,12,17)(H,13,18). The number of rotatable bonds is 10. The highest BCUT2D eigenvalue weighted by molar-refractivity contribution is 5.96. The zero-order valence-corrected chi connectivity index (χ0v) is 12.2. The molecule has 0 aliphatic heterocycles. The third-order valence-electron chi connectivity index (χ3n) is 2.38. The Morgan fingerprint density at radius 1 is 0.958 bits per heavy atom. The topological polar surface area (TPSA) is 176 Å². The van der Waals surface area contributed by atoms with E-state index in [1.807, 2.05) is 0 Å². The normalized spacial score (nSPS) is 9.67. The fourth-order valence-electron chi connectivity index (χ4n) is 1.44. The van der Waals surface area contributed by atoms with Crippen LogP contribution in [0.3, 0.4) is 0 Å². The minimum Gasteiger partial charge on any atom is -0.349 e. The van der Waals surface area contributed by atoms with Crippen molar-refractivity contribution in [1.82, 2.24) is 15.6 Å². The average Bonchev–Trinajstić information content (AvgIpc) is 2.55. The van der Waals surface area contributed by atoms with Crippen molar-refractivity contribution in [3.8, 4) is 0 Å². The van der Waals surface area contributed by atoms with E-state index in [1.165, 1.54) is 18.2 Å². The van der Waals surface area contributed by atoms with Gasteiger partial charge in [-0.05, 0) is 12.1 Å². The lowest BCUT2D eigenvalue weighted by molar-refractivity contribution is -0.757. The van der Waals surface area contributed by atoms with Crippen molar-refractivity contribution >= 4 is 11.8 Å². The number of nitrogens with zero attached hydrogens (tertiary/aromatic N) is 3. The lowest BCUT2D eigenvalue weighted by Crippen LogP contribution is -2.31. The number of hydrogen-bond donors (Lipinski definition) is 2. The van der Waals surface area contributed by atoms with E-state index in [0.29, 0.717) is 0 Å². The number of aromatic nitrogens is 1. The van der Waals surface area contributed by atoms with Crippen LogP contribution in [-0.4, -0.2) is 53.3 Å². The van der Waals surface area contributed by atoms with Gasteiger partial charge in [-0.3, -0.25) is 9.59 Å². The Balaban J connectivity index is 2.49. The largest absolute Gasteiger partial charge is 0.349 e. The van der Waals surface area contributed by atoms with E-state index in [2.05, 4.69) is 25.3 Å². The molecular formula is C11H13N5O8. The maximum atomic E-state index is 11.8. The van der Waals surface area contributed by atoms with Crippen molar-refractivity contribution in [2.24, 2.45) is 0 Å². The molecule has 130 valence electrons. The molecule has 0 spiro atoms. The summed E-state index contributed by atoms with van der Waals surface area (Å²) in [5, 5.41) is 22.6. The Bertz CT molecular complexity index is 573. The summed E-state index contributed by atoms with van der Waals surface area (Å²) < 4.78 is 0. The van der Waals surface area contributed by atoms with Crippen molar-refractivity contribution in [2.45, 2.75) is 0 Å². The summed E-state index contributed by atoms with van der Waals surface area (Å²) in [7, 11) is 0. The molecule has 1 rings (SSSR count). The molecule has 0 fully saturated rings. The molecule has 0 bridgehead atoms. The van der Waals surface area contributed by atoms with Gasteiger partial charge in [0, 0.05) is 13.1 Å². The fraction of sp³-hybridized carbons (Fsp3) is 0.364. The highest BCUT2D eigenvalue weighted by Crippen LogP contribution is 2.00. The van der Waals surface area contributed by atoms with Crippen LogP contribution in [-0.2, 0) is 9.68 Å². The molecule has 13 heteroatoms. The first-order valence-electron chi connectivity index (χ1n) is 6.48. The Labute approximate surface area is 134 Å². The minimum absolute atomic E-state index is 0.0784. The number of carbonyl (C=O) groups excluding carboxylic acids is 2. The van der Waals surface area contributed by atoms with Crippen LogP contribution in [0.1, 0.15) is 21.0 Å². The van der Waals surface area contributed by atoms with Crippen LogP contribution >= 0.6 is 0 Å². The molecule has 0 saturated carbocycles. The molecule has 0 atom stereocenters. The molecule has 0 saturated heterocycles. The zero-order chi connectivity index (χ0) is 17.9. The first-order valence-corrected chi connectivity index (χ1v) is 6.48. The smallest absolute Gasteiger partial charge is 0.294 e. The molecule has 2 amide bonds. The fourth-order valence-corrected chi connectivity index (χ4v) is 1.44. The molecule has 0 aromatic carbocycles. The highest BCUT2D eigenvalue weighted by Gasteiger charge is 2.12. The van der Waals surface area contributed by atoms with E-state index in [-0.39, 0.29) is 37.7 Å². The van der Waals surface area contributed by atoms with Crippen LogP contribution in [0.15, 0.2) is 18.2 Å². The Morgan fingerprint density at radius 3 is 1.75 bits per heavy atom. The van der Waals surface area contributed by atoms with Crippen molar-refractivity contribution in [2.75, 3.05) is 26.3 Å². The van der Waals surface area contributed by atoms with E-state index in [1.54, 1.807) is 0 Å². The van der Waals surface area contributed by atoms with Crippen molar-refractivity contribution in [3.63, 3.8) is 0 Å². The molecule has 2 N–H and O–H groups in total. The van der Waals surface area contributed by atoms with E-state index in [4.69, 9.17) is 0 Å². The van der Waals surface area contributed by atoms with E-state index in [0.717, 1.165) is 0 Å². The second-order valence-electron chi connectivity index (χ2n) is 4.03. The monoisotopic (exact) mass is 343 g/mol. The van der Waals surface area contributed by atoms with Gasteiger partial charge in [-0.15, -0.1) is 20.2 Å². The van der Waals surface area contributed by atoms with Gasteiger partial charge in [0.15, 0.2) is 0 Å². The van der Waals surface area contributed by atoms with Gasteiger partial charge in [-0.2, -0.15) is 0 Å². The average molecular weight is 343 g/mol. The van der Waals surface area contributed by atoms with Crippen LogP contribution in [0, 0.1) is 20.2 Å². The van der Waals surface area contributed by atoms with E-state index >= 15 is 0 Å². The minimum atomic E-state index is -0.988. The molecule has 1 heterocycles. The lowest BCUT2D eigenvalue weighted by Gasteiger charge is -2.06. The second-order valence-corrected chi connectivity index (χ2v) is 4.03. The van der Waals surface area contributed by atoms with Crippen molar-refractivity contribution < 1.29 is 29.4 Å². The molecule has 1 aromatic heterocycles. The van der Waals surface area contributed by atoms with Gasteiger partial charge in [-0.1, -0.05) is 6.07 Å². The maximum absolute atomic E-state index is 11.8. The van der Waals surface area contributed by atoms with Crippen molar-refractivity contribution in [3.05, 3.63) is 49.8 Å². The molecule has 0 aliphatic carbocycles. The predicted octanol–water partition coefficient (Wildman–Crippen LogP) is -1.04. The van der Waals surface area contributed by atoms with Gasteiger partial charge < -0.3 is 20.3 Å². The zero-order valence-electron chi connectivity index (χ0n) is 12.2. The van der Waals surface area contributed by atoms with Gasteiger partial charge >= 0.3 is 0 Å². The first-order chi connectivity index (χ1) is 11.4. The Morgan fingerprint density at radius 2 is 1.38 bits per heavy atom. The van der Waals surface area contributed by atoms with Gasteiger partial charge in [0.05, 0.1) is 0 Å². The third-order valence-corrected chi connectivity index (χ3v) is 2.38. The second kappa shape index (κ2) is 9.50. The van der Waals surface area contributed by atoms with Gasteiger partial charge in [0.25, 0.3) is 22.0 Å². The summed E-state index contributed by atoms with van der Waals surface area (Å²) in [4.78, 5) is 55.3. The van der Waals surface area contributed by atoms with Gasteiger partial charge in [0.2, 0.25) is 0 Å². The summed E-state index contributed by atoms with van der Waals surface area (Å²) >= 11 is 0. The van der Waals surface area contributed by atoms with Crippen LogP contribution in [0.4, 0.5) is 0 Å². The van der Waals surface area contributed by atoms with Crippen LogP contribution in [0.2, 0.25) is 0 Å². The summed E-state index contributed by atoms with van der Waals surface area (Å²) in [5.74, 6) is -1.29. The first kappa shape index (κ1) is 18.5. The predicted molar refractivity (Wildman–Crippen MR) is 74.8 cm³/mol. The highest BCUT2D eigenvalue weighted by atomic mass is 17.0. The van der Waals surface area contributed by atoms with Gasteiger partial charge in [-0.25, -0.2) is 4.98 Å². The molecule has 24 heavy (non-hydrogen) atoms. The number of hydrogen-bond acceptors (Lipinski definition) is 9. The summed E-state index contributed by atoms with van der Waals surface area (Å²) in [5.41, 5.74) is -0.157. The quantitative estimate of drug-likeness (QED) is 0.305. The van der Waals surface area contributed by atoms with E-state index < -0.39 is 22.0 Å². The molecule has 0 aliphatic rings. The summed E-state index contributed by atoms with van der Waals surface area (Å²) in [6.45, 7) is -0.878. The Hall–Kier alpha value is -3.51. The van der Waals surface area contributed by atoms with Crippen LogP contribution in [0.25, 0.3) is 0 Å². The number of carbonyl (C=O) groups is 2. The maximum Gasteiger partial charge on any atom is 0.294 e. The number of amides is 2. The number of nitrogens with one attached hydrogen (secondary N) is 2. The van der Waals surface area contributed by atoms with Gasteiger partial charge in [0.1, 0.15) is 24.6 Å².